The van der Waals surface area contributed by atoms with Crippen molar-refractivity contribution in [2.75, 3.05) is 19.8 Å². The van der Waals surface area contributed by atoms with Gasteiger partial charge in [-0.05, 0) is 98.2 Å². The Labute approximate surface area is 388 Å². The highest BCUT2D eigenvalue weighted by Gasteiger charge is 2.23. The van der Waals surface area contributed by atoms with Crippen molar-refractivity contribution >= 4 is 21.8 Å². The zero-order chi connectivity index (χ0) is 45.0. The van der Waals surface area contributed by atoms with Crippen molar-refractivity contribution in [1.29, 1.82) is 0 Å². The Bertz CT molecular complexity index is 2210. The van der Waals surface area contributed by atoms with Gasteiger partial charge in [0.2, 0.25) is 0 Å². The van der Waals surface area contributed by atoms with Gasteiger partial charge in [-0.2, -0.15) is 10.2 Å². The first kappa shape index (κ1) is 52.1. The lowest BCUT2D eigenvalue weighted by Gasteiger charge is -2.13. The van der Waals surface area contributed by atoms with Crippen molar-refractivity contribution in [3.8, 4) is 11.5 Å². The Balaban J connectivity index is 0.000000213. The van der Waals surface area contributed by atoms with Crippen LogP contribution in [0.1, 0.15) is 113 Å². The van der Waals surface area contributed by atoms with Crippen LogP contribution < -0.4 is 9.47 Å². The molecule has 8 rings (SSSR count). The quantitative estimate of drug-likeness (QED) is 0.0515. The summed E-state index contributed by atoms with van der Waals surface area (Å²) in [5.41, 5.74) is 7.63. The first-order valence-corrected chi connectivity index (χ1v) is 24.0. The van der Waals surface area contributed by atoms with Crippen LogP contribution in [0.25, 0.3) is 21.8 Å². The van der Waals surface area contributed by atoms with Crippen LogP contribution in [0.2, 0.25) is 0 Å². The first-order chi connectivity index (χ1) is 31.4. The van der Waals surface area contributed by atoms with Crippen molar-refractivity contribution in [1.82, 2.24) is 20.0 Å². The Morgan fingerprint density at radius 1 is 0.631 bits per heavy atom. The van der Waals surface area contributed by atoms with Gasteiger partial charge in [-0.3, -0.25) is 9.78 Å². The highest BCUT2D eigenvalue weighted by atomic mass is 16.6. The van der Waals surface area contributed by atoms with E-state index in [2.05, 4.69) is 104 Å². The standard InChI is InChI=1S/C24H32N2O2.C17H26O2.C8H10.C7H6N2.H2O/c1-2-3-4-5-6-7-10-20-13-15-23(16-14-20)28-19-22(27)18-26-24-12-9-8-11-21(24)17-25-26;1-2-3-4-5-6-7-8-15-9-11-16(12-10-15)18-13-17-14-19-17;1-7-5-3-4-6-8(7)2;1-2-4-7-6(3-1)5-8-9-7;/h8-9,11-17,22,27H,2-7,10,18-19H2,1H3;9-12,17H,2-8,13-14H2,1H3;3-6H,1-2H3;1-5H,(H,8,9);1H2. The molecule has 2 aromatic heterocycles. The monoisotopic (exact) mass is 885 g/mol. The number of aromatic amines is 1. The molecule has 1 fully saturated rings. The van der Waals surface area contributed by atoms with Crippen LogP contribution >= 0.6 is 0 Å². The number of epoxide rings is 1. The van der Waals surface area contributed by atoms with E-state index in [1.165, 1.54) is 106 Å². The zero-order valence-corrected chi connectivity index (χ0v) is 39.6. The lowest BCUT2D eigenvalue weighted by molar-refractivity contribution is 0.0905. The number of benzene rings is 5. The number of aliphatic hydroxyl groups is 1. The van der Waals surface area contributed by atoms with E-state index < -0.39 is 6.10 Å². The maximum absolute atomic E-state index is 10.3. The van der Waals surface area contributed by atoms with Crippen LogP contribution in [0.3, 0.4) is 0 Å². The smallest absolute Gasteiger partial charge is 0.119 e. The number of unbranched alkanes of at least 4 members (excludes halogenated alkanes) is 10. The van der Waals surface area contributed by atoms with Crippen LogP contribution in [-0.4, -0.2) is 62.6 Å². The number of nitrogens with zero attached hydrogens (tertiary/aromatic N) is 3. The van der Waals surface area contributed by atoms with E-state index in [0.29, 0.717) is 19.3 Å². The van der Waals surface area contributed by atoms with Crippen LogP contribution in [0.15, 0.2) is 134 Å². The third-order valence-electron chi connectivity index (χ3n) is 11.5. The number of fused-ring (bicyclic) bond motifs is 2. The van der Waals surface area contributed by atoms with E-state index >= 15 is 0 Å². The summed E-state index contributed by atoms with van der Waals surface area (Å²) in [5, 5.41) is 23.7. The molecule has 2 unspecified atom stereocenters. The number of nitrogens with one attached hydrogen (secondary N) is 1. The third-order valence-corrected chi connectivity index (χ3v) is 11.5. The SMILES string of the molecule is CCCCCCCCc1ccc(OCC(O)Cn2ncc3ccccc32)cc1.CCCCCCCCc1ccc(OCC2CO2)cc1.Cc1ccccc1C.O.c1ccc2[nH]ncc2c1. The largest absolute Gasteiger partial charge is 0.491 e. The van der Waals surface area contributed by atoms with Crippen molar-refractivity contribution in [2.24, 2.45) is 0 Å². The highest BCUT2D eigenvalue weighted by molar-refractivity contribution is 5.78. The van der Waals surface area contributed by atoms with Crippen molar-refractivity contribution in [3.63, 3.8) is 0 Å². The molecule has 0 saturated carbocycles. The fourth-order valence-electron chi connectivity index (χ4n) is 7.24. The Morgan fingerprint density at radius 2 is 1.14 bits per heavy atom. The molecule has 1 aliphatic heterocycles. The number of aliphatic hydroxyl groups excluding tert-OH is 1. The minimum atomic E-state index is -0.605. The topological polar surface area (TPSA) is 129 Å². The second kappa shape index (κ2) is 30.6. The minimum Gasteiger partial charge on any atom is -0.491 e. The van der Waals surface area contributed by atoms with Crippen LogP contribution in [0.4, 0.5) is 0 Å². The normalized spacial score (nSPS) is 13.0. The van der Waals surface area contributed by atoms with E-state index in [1.54, 1.807) is 0 Å². The van der Waals surface area contributed by atoms with Gasteiger partial charge in [-0.25, -0.2) is 0 Å². The van der Waals surface area contributed by atoms with Gasteiger partial charge in [-0.1, -0.05) is 163 Å². The number of ether oxygens (including phenoxy) is 3. The number of aromatic nitrogens is 4. The summed E-state index contributed by atoms with van der Waals surface area (Å²) in [4.78, 5) is 0. The molecule has 0 bridgehead atoms. The van der Waals surface area contributed by atoms with Crippen LogP contribution in [0.5, 0.6) is 11.5 Å². The molecule has 9 nitrogen and oxygen atoms in total. The molecule has 1 saturated heterocycles. The fourth-order valence-corrected chi connectivity index (χ4v) is 7.24. The predicted octanol–water partition coefficient (Wildman–Crippen LogP) is 12.8. The summed E-state index contributed by atoms with van der Waals surface area (Å²) in [6.45, 7) is 11.0. The fraction of sp³-hybridized carbons (Fsp3) is 0.429. The zero-order valence-electron chi connectivity index (χ0n) is 39.6. The molecule has 0 radical (unpaired) electrons. The second-order valence-electron chi connectivity index (χ2n) is 17.0. The Kier molecular flexibility index (Phi) is 24.6. The number of aryl methyl sites for hydroxylation is 4. The highest BCUT2D eigenvalue weighted by Crippen LogP contribution is 2.19. The molecule has 7 aromatic rings. The summed E-state index contributed by atoms with van der Waals surface area (Å²) in [7, 11) is 0. The van der Waals surface area contributed by atoms with Gasteiger partial charge in [0.05, 0.1) is 36.6 Å². The van der Waals surface area contributed by atoms with Gasteiger partial charge in [0.15, 0.2) is 0 Å². The predicted molar refractivity (Wildman–Crippen MR) is 269 cm³/mol. The third kappa shape index (κ3) is 20.5. The van der Waals surface area contributed by atoms with E-state index in [1.807, 2.05) is 77.7 Å². The van der Waals surface area contributed by atoms with Crippen molar-refractivity contribution in [2.45, 2.75) is 136 Å². The molecule has 3 heterocycles. The van der Waals surface area contributed by atoms with Crippen molar-refractivity contribution < 1.29 is 24.8 Å². The average molecular weight is 885 g/mol. The molecule has 1 aliphatic rings. The average Bonchev–Trinajstić information content (AvgIpc) is 3.89. The van der Waals surface area contributed by atoms with E-state index in [9.17, 15) is 5.11 Å². The van der Waals surface area contributed by atoms with Gasteiger partial charge < -0.3 is 24.8 Å². The van der Waals surface area contributed by atoms with E-state index in [0.717, 1.165) is 46.3 Å². The second-order valence-corrected chi connectivity index (χ2v) is 17.0. The molecule has 0 amide bonds. The maximum Gasteiger partial charge on any atom is 0.119 e. The van der Waals surface area contributed by atoms with Crippen molar-refractivity contribution in [3.05, 3.63) is 156 Å². The van der Waals surface area contributed by atoms with E-state index in [-0.39, 0.29) is 12.1 Å². The van der Waals surface area contributed by atoms with Gasteiger partial charge in [0, 0.05) is 10.8 Å². The molecule has 350 valence electrons. The van der Waals surface area contributed by atoms with Gasteiger partial charge in [-0.15, -0.1) is 0 Å². The van der Waals surface area contributed by atoms with Gasteiger partial charge >= 0.3 is 0 Å². The van der Waals surface area contributed by atoms with E-state index in [4.69, 9.17) is 14.2 Å². The number of hydrogen-bond donors (Lipinski definition) is 2. The molecule has 9 heteroatoms. The summed E-state index contributed by atoms with van der Waals surface area (Å²) in [5.74, 6) is 1.76. The first-order valence-electron chi connectivity index (χ1n) is 24.0. The molecular formula is C56H76N4O5. The van der Waals surface area contributed by atoms with Gasteiger partial charge in [0.1, 0.15) is 36.9 Å². The van der Waals surface area contributed by atoms with Crippen LogP contribution in [-0.2, 0) is 24.1 Å². The molecule has 0 spiro atoms. The molecule has 0 aliphatic carbocycles. The van der Waals surface area contributed by atoms with Crippen LogP contribution in [0, 0.1) is 13.8 Å². The molecular weight excluding hydrogens is 809 g/mol. The summed E-state index contributed by atoms with van der Waals surface area (Å²) in [6, 6.07) is 41.2. The Hall–Kier alpha value is -5.48. The lowest BCUT2D eigenvalue weighted by atomic mass is 10.0. The number of para-hydroxylation sites is 2. The molecule has 65 heavy (non-hydrogen) atoms. The summed E-state index contributed by atoms with van der Waals surface area (Å²) in [6.07, 6.45) is 21.8. The molecule has 5 aromatic carbocycles. The summed E-state index contributed by atoms with van der Waals surface area (Å²) < 4.78 is 18.3. The molecule has 4 N–H and O–H groups in total. The number of H-pyrrole nitrogens is 1. The number of rotatable bonds is 22. The lowest BCUT2D eigenvalue weighted by Crippen LogP contribution is -2.24. The summed E-state index contributed by atoms with van der Waals surface area (Å²) >= 11 is 0. The minimum absolute atomic E-state index is 0. The van der Waals surface area contributed by atoms with Gasteiger partial charge in [0.25, 0.3) is 0 Å². The molecule has 2 atom stereocenters. The Morgan fingerprint density at radius 3 is 1.69 bits per heavy atom. The number of hydrogen-bond acceptors (Lipinski definition) is 6. The maximum atomic E-state index is 10.3.